The maximum absolute atomic E-state index is 12.5. The summed E-state index contributed by atoms with van der Waals surface area (Å²) in [6, 6.07) is 1.45. The molecule has 6 nitrogen and oxygen atoms in total. The molecule has 126 valence electrons. The average molecular weight is 318 g/mol. The lowest BCUT2D eigenvalue weighted by Crippen LogP contribution is -2.45. The lowest BCUT2D eigenvalue weighted by atomic mass is 10.1. The molecule has 2 heterocycles. The highest BCUT2D eigenvalue weighted by atomic mass is 16.2. The average Bonchev–Trinajstić information content (AvgIpc) is 3.24. The van der Waals surface area contributed by atoms with E-state index in [1.165, 1.54) is 0 Å². The van der Waals surface area contributed by atoms with Crippen LogP contribution >= 0.6 is 0 Å². The van der Waals surface area contributed by atoms with Gasteiger partial charge in [0.2, 0.25) is 5.91 Å². The van der Waals surface area contributed by atoms with Gasteiger partial charge in [0, 0.05) is 18.2 Å². The summed E-state index contributed by atoms with van der Waals surface area (Å²) < 4.78 is 1.97. The standard InChI is InChI=1S/C17H26N4O2/c1-17(2,3)21-14(11-7-8-11)10-13(20-21)16(23)19-12-6-4-5-9-18-15(12)22/h10-12H,4-9H2,1-3H3,(H,18,22)(H,19,23)/t12-/m1/s1. The van der Waals surface area contributed by atoms with Crippen LogP contribution in [-0.4, -0.2) is 34.2 Å². The maximum Gasteiger partial charge on any atom is 0.272 e. The van der Waals surface area contributed by atoms with Crippen molar-refractivity contribution in [1.82, 2.24) is 20.4 Å². The van der Waals surface area contributed by atoms with Gasteiger partial charge in [-0.05, 0) is 58.9 Å². The highest BCUT2D eigenvalue weighted by molar-refractivity contribution is 5.96. The van der Waals surface area contributed by atoms with Crippen molar-refractivity contribution in [2.45, 2.75) is 70.4 Å². The predicted molar refractivity (Wildman–Crippen MR) is 87.3 cm³/mol. The van der Waals surface area contributed by atoms with E-state index in [2.05, 4.69) is 36.5 Å². The summed E-state index contributed by atoms with van der Waals surface area (Å²) in [6.45, 7) is 6.96. The van der Waals surface area contributed by atoms with Crippen molar-refractivity contribution in [3.8, 4) is 0 Å². The Balaban J connectivity index is 1.78. The topological polar surface area (TPSA) is 76.0 Å². The molecule has 2 fully saturated rings. The fourth-order valence-corrected chi connectivity index (χ4v) is 3.02. The van der Waals surface area contributed by atoms with Gasteiger partial charge in [0.1, 0.15) is 11.7 Å². The van der Waals surface area contributed by atoms with Crippen LogP contribution in [0, 0.1) is 0 Å². The summed E-state index contributed by atoms with van der Waals surface area (Å²) in [4.78, 5) is 24.5. The third-order valence-corrected chi connectivity index (χ3v) is 4.44. The molecule has 0 bridgehead atoms. The Hall–Kier alpha value is -1.85. The first-order valence-electron chi connectivity index (χ1n) is 8.55. The second-order valence-electron chi connectivity index (χ2n) is 7.62. The molecule has 23 heavy (non-hydrogen) atoms. The van der Waals surface area contributed by atoms with Crippen LogP contribution in [0.4, 0.5) is 0 Å². The van der Waals surface area contributed by atoms with Crippen molar-refractivity contribution in [2.24, 2.45) is 0 Å². The quantitative estimate of drug-likeness (QED) is 0.894. The molecule has 2 aliphatic rings. The zero-order valence-electron chi connectivity index (χ0n) is 14.2. The van der Waals surface area contributed by atoms with Gasteiger partial charge in [-0.15, -0.1) is 0 Å². The van der Waals surface area contributed by atoms with Gasteiger partial charge in [-0.1, -0.05) is 0 Å². The molecule has 2 amide bonds. The molecule has 1 atom stereocenters. The summed E-state index contributed by atoms with van der Waals surface area (Å²) in [5.41, 5.74) is 1.39. The molecule has 0 unspecified atom stereocenters. The first-order chi connectivity index (χ1) is 10.9. The van der Waals surface area contributed by atoms with Gasteiger partial charge in [-0.2, -0.15) is 5.10 Å². The Labute approximate surface area is 137 Å². The van der Waals surface area contributed by atoms with Crippen molar-refractivity contribution in [1.29, 1.82) is 0 Å². The Morgan fingerprint density at radius 1 is 1.30 bits per heavy atom. The van der Waals surface area contributed by atoms with E-state index in [0.29, 0.717) is 24.6 Å². The van der Waals surface area contributed by atoms with Crippen molar-refractivity contribution in [3.63, 3.8) is 0 Å². The largest absolute Gasteiger partial charge is 0.354 e. The third-order valence-electron chi connectivity index (χ3n) is 4.44. The Kier molecular flexibility index (Phi) is 4.17. The minimum atomic E-state index is -0.450. The number of nitrogens with one attached hydrogen (secondary N) is 2. The smallest absolute Gasteiger partial charge is 0.272 e. The Bertz CT molecular complexity index is 611. The first-order valence-corrected chi connectivity index (χ1v) is 8.55. The van der Waals surface area contributed by atoms with Crippen molar-refractivity contribution in [2.75, 3.05) is 6.54 Å². The van der Waals surface area contributed by atoms with Crippen molar-refractivity contribution >= 4 is 11.8 Å². The van der Waals surface area contributed by atoms with Gasteiger partial charge in [0.05, 0.1) is 5.54 Å². The van der Waals surface area contributed by atoms with E-state index in [0.717, 1.165) is 31.4 Å². The second-order valence-corrected chi connectivity index (χ2v) is 7.62. The number of nitrogens with zero attached hydrogens (tertiary/aromatic N) is 2. The SMILES string of the molecule is CC(C)(C)n1nc(C(=O)N[C@@H]2CCCCNC2=O)cc1C1CC1. The Morgan fingerprint density at radius 3 is 2.70 bits per heavy atom. The third kappa shape index (κ3) is 3.57. The number of aromatic nitrogens is 2. The highest BCUT2D eigenvalue weighted by Gasteiger charge is 2.33. The lowest BCUT2D eigenvalue weighted by molar-refractivity contribution is -0.122. The van der Waals surface area contributed by atoms with Gasteiger partial charge >= 0.3 is 0 Å². The van der Waals surface area contributed by atoms with E-state index in [1.807, 2.05) is 10.7 Å². The number of carbonyl (C=O) groups is 2. The molecule has 6 heteroatoms. The van der Waals surface area contributed by atoms with Crippen LogP contribution in [0.5, 0.6) is 0 Å². The van der Waals surface area contributed by atoms with Gasteiger partial charge in [-0.3, -0.25) is 14.3 Å². The number of hydrogen-bond donors (Lipinski definition) is 2. The number of rotatable bonds is 3. The van der Waals surface area contributed by atoms with E-state index in [1.54, 1.807) is 0 Å². The molecule has 2 N–H and O–H groups in total. The molecule has 0 spiro atoms. The van der Waals surface area contributed by atoms with Gasteiger partial charge < -0.3 is 10.6 Å². The van der Waals surface area contributed by atoms with Crippen LogP contribution in [0.1, 0.15) is 75.0 Å². The van der Waals surface area contributed by atoms with Gasteiger partial charge in [0.15, 0.2) is 0 Å². The molecule has 1 aliphatic carbocycles. The van der Waals surface area contributed by atoms with E-state index >= 15 is 0 Å². The molecule has 1 aromatic heterocycles. The lowest BCUT2D eigenvalue weighted by Gasteiger charge is -2.22. The summed E-state index contributed by atoms with van der Waals surface area (Å²) in [5, 5.41) is 10.2. The molecule has 0 aromatic carbocycles. The molecule has 1 saturated carbocycles. The van der Waals surface area contributed by atoms with Crippen LogP contribution in [0.25, 0.3) is 0 Å². The van der Waals surface area contributed by atoms with E-state index in [9.17, 15) is 9.59 Å². The molecule has 1 aliphatic heterocycles. The number of carbonyl (C=O) groups excluding carboxylic acids is 2. The molecule has 1 saturated heterocycles. The van der Waals surface area contributed by atoms with E-state index < -0.39 is 6.04 Å². The fourth-order valence-electron chi connectivity index (χ4n) is 3.02. The summed E-state index contributed by atoms with van der Waals surface area (Å²) >= 11 is 0. The second kappa shape index (κ2) is 5.98. The molecule has 0 radical (unpaired) electrons. The van der Waals surface area contributed by atoms with Crippen LogP contribution in [-0.2, 0) is 10.3 Å². The van der Waals surface area contributed by atoms with Gasteiger partial charge in [-0.25, -0.2) is 0 Å². The minimum Gasteiger partial charge on any atom is -0.354 e. The highest BCUT2D eigenvalue weighted by Crippen LogP contribution is 2.41. The summed E-state index contributed by atoms with van der Waals surface area (Å²) in [7, 11) is 0. The fraction of sp³-hybridized carbons (Fsp3) is 0.706. The monoisotopic (exact) mass is 318 g/mol. The molecular weight excluding hydrogens is 292 g/mol. The first kappa shape index (κ1) is 16.0. The summed E-state index contributed by atoms with van der Waals surface area (Å²) in [6.07, 6.45) is 4.91. The van der Waals surface area contributed by atoms with Gasteiger partial charge in [0.25, 0.3) is 5.91 Å². The molecule has 3 rings (SSSR count). The van der Waals surface area contributed by atoms with Crippen LogP contribution in [0.2, 0.25) is 0 Å². The predicted octanol–water partition coefficient (Wildman–Crippen LogP) is 1.91. The maximum atomic E-state index is 12.5. The van der Waals surface area contributed by atoms with Crippen LogP contribution in [0.15, 0.2) is 6.07 Å². The van der Waals surface area contributed by atoms with E-state index in [4.69, 9.17) is 0 Å². The Morgan fingerprint density at radius 2 is 2.04 bits per heavy atom. The van der Waals surface area contributed by atoms with Crippen LogP contribution in [0.3, 0.4) is 0 Å². The zero-order valence-corrected chi connectivity index (χ0v) is 14.2. The number of amides is 2. The van der Waals surface area contributed by atoms with Crippen molar-refractivity contribution in [3.05, 3.63) is 17.5 Å². The number of hydrogen-bond acceptors (Lipinski definition) is 3. The zero-order chi connectivity index (χ0) is 16.6. The van der Waals surface area contributed by atoms with Crippen molar-refractivity contribution < 1.29 is 9.59 Å². The summed E-state index contributed by atoms with van der Waals surface area (Å²) in [5.74, 6) is 0.176. The normalized spacial score (nSPS) is 22.4. The molecule has 1 aromatic rings. The minimum absolute atomic E-state index is 0.0893. The molecular formula is C17H26N4O2. The van der Waals surface area contributed by atoms with E-state index in [-0.39, 0.29) is 17.4 Å². The van der Waals surface area contributed by atoms with Crippen LogP contribution < -0.4 is 10.6 Å².